The second-order valence-corrected chi connectivity index (χ2v) is 10.4. The van der Waals surface area contributed by atoms with Gasteiger partial charge in [0.25, 0.3) is 5.91 Å². The van der Waals surface area contributed by atoms with Crippen molar-refractivity contribution in [3.05, 3.63) is 70.5 Å². The van der Waals surface area contributed by atoms with E-state index in [9.17, 15) is 14.4 Å². The molecule has 0 aromatic heterocycles. The van der Waals surface area contributed by atoms with Crippen molar-refractivity contribution in [2.24, 2.45) is 17.8 Å². The van der Waals surface area contributed by atoms with Gasteiger partial charge in [-0.05, 0) is 60.1 Å². The Labute approximate surface area is 215 Å². The fourth-order valence-corrected chi connectivity index (χ4v) is 5.97. The number of rotatable bonds is 4. The molecule has 3 aliphatic heterocycles. The molecule has 5 atom stereocenters. The van der Waals surface area contributed by atoms with E-state index in [0.29, 0.717) is 34.5 Å². The molecule has 3 heterocycles. The topological polar surface area (TPSA) is 91.4 Å². The average molecular weight is 504 g/mol. The van der Waals surface area contributed by atoms with E-state index in [1.807, 2.05) is 18.2 Å². The van der Waals surface area contributed by atoms with Crippen molar-refractivity contribution < 1.29 is 33.3 Å². The van der Waals surface area contributed by atoms with Gasteiger partial charge in [0.05, 0.1) is 30.2 Å². The Bertz CT molecular complexity index is 1310. The summed E-state index contributed by atoms with van der Waals surface area (Å²) < 4.78 is 22.1. The molecule has 4 aliphatic rings. The van der Waals surface area contributed by atoms with Crippen LogP contribution >= 0.6 is 0 Å². The van der Waals surface area contributed by atoms with Gasteiger partial charge in [-0.25, -0.2) is 4.79 Å². The van der Waals surface area contributed by atoms with E-state index >= 15 is 0 Å². The molecule has 8 heteroatoms. The smallest absolute Gasteiger partial charge is 0.337 e. The number of methoxy groups -OCH3 is 1. The summed E-state index contributed by atoms with van der Waals surface area (Å²) in [6.45, 7) is 4.76. The molecule has 37 heavy (non-hydrogen) atoms. The Morgan fingerprint density at radius 2 is 1.73 bits per heavy atom. The number of hydrogen-bond donors (Lipinski definition) is 0. The highest BCUT2D eigenvalue weighted by molar-refractivity contribution is 6.11. The maximum absolute atomic E-state index is 14.0. The summed E-state index contributed by atoms with van der Waals surface area (Å²) in [5.74, 6) is 1.25. The Hall–Kier alpha value is -3.81. The van der Waals surface area contributed by atoms with Crippen LogP contribution in [0.5, 0.6) is 11.5 Å². The number of carbonyl (C=O) groups excluding carboxylic acids is 3. The first-order valence-corrected chi connectivity index (χ1v) is 12.7. The van der Waals surface area contributed by atoms with Gasteiger partial charge in [-0.3, -0.25) is 9.59 Å². The standard InChI is InChI=1S/C29H29NO7/c1-15-10-20-22(11-16(15)2)37-27-24(26(20)31)25(18-5-7-19(8-6-18)29(33)34-3)30(28(27)32)13-17-4-9-21-23(12-17)36-14-35-21/h4-9,12,15-16,20,22,25H,10-11,13-14H2,1-3H3. The Kier molecular flexibility index (Phi) is 5.70. The van der Waals surface area contributed by atoms with Crippen molar-refractivity contribution in [1.29, 1.82) is 0 Å². The summed E-state index contributed by atoms with van der Waals surface area (Å²) in [5.41, 5.74) is 2.40. The molecule has 2 aromatic rings. The molecule has 8 nitrogen and oxygen atoms in total. The van der Waals surface area contributed by atoms with E-state index < -0.39 is 12.0 Å². The fraction of sp³-hybridized carbons (Fsp3) is 0.414. The predicted octanol–water partition coefficient (Wildman–Crippen LogP) is 4.19. The lowest BCUT2D eigenvalue weighted by Crippen LogP contribution is -2.43. The molecule has 0 radical (unpaired) electrons. The number of carbonyl (C=O) groups is 3. The van der Waals surface area contributed by atoms with Crippen molar-refractivity contribution in [3.63, 3.8) is 0 Å². The second-order valence-electron chi connectivity index (χ2n) is 10.4. The summed E-state index contributed by atoms with van der Waals surface area (Å²) in [6, 6.07) is 11.8. The molecular formula is C29H29NO7. The van der Waals surface area contributed by atoms with E-state index in [-0.39, 0.29) is 42.8 Å². The first-order chi connectivity index (χ1) is 17.9. The molecule has 1 aliphatic carbocycles. The van der Waals surface area contributed by atoms with Crippen LogP contribution in [0.1, 0.15) is 54.2 Å². The highest BCUT2D eigenvalue weighted by Gasteiger charge is 2.53. The van der Waals surface area contributed by atoms with Crippen LogP contribution in [-0.2, 0) is 25.6 Å². The maximum Gasteiger partial charge on any atom is 0.337 e. The minimum Gasteiger partial charge on any atom is -0.483 e. The van der Waals surface area contributed by atoms with Gasteiger partial charge in [0.15, 0.2) is 23.0 Å². The molecule has 5 unspecified atom stereocenters. The predicted molar refractivity (Wildman–Crippen MR) is 132 cm³/mol. The maximum atomic E-state index is 14.0. The Morgan fingerprint density at radius 3 is 2.49 bits per heavy atom. The largest absolute Gasteiger partial charge is 0.483 e. The summed E-state index contributed by atoms with van der Waals surface area (Å²) in [6.07, 6.45) is 1.21. The third-order valence-corrected chi connectivity index (χ3v) is 8.24. The number of ether oxygens (including phenoxy) is 4. The third kappa shape index (κ3) is 3.86. The number of hydrogen-bond acceptors (Lipinski definition) is 7. The second kappa shape index (κ2) is 8.94. The molecule has 2 aromatic carbocycles. The third-order valence-electron chi connectivity index (χ3n) is 8.24. The fourth-order valence-electron chi connectivity index (χ4n) is 5.97. The molecule has 0 saturated heterocycles. The summed E-state index contributed by atoms with van der Waals surface area (Å²) in [4.78, 5) is 41.5. The van der Waals surface area contributed by atoms with Crippen LogP contribution in [0.4, 0.5) is 0 Å². The number of esters is 1. The summed E-state index contributed by atoms with van der Waals surface area (Å²) in [5, 5.41) is 0. The van der Waals surface area contributed by atoms with Crippen LogP contribution in [0.25, 0.3) is 0 Å². The monoisotopic (exact) mass is 503 g/mol. The summed E-state index contributed by atoms with van der Waals surface area (Å²) >= 11 is 0. The van der Waals surface area contributed by atoms with Gasteiger partial charge in [-0.2, -0.15) is 0 Å². The van der Waals surface area contributed by atoms with Crippen molar-refractivity contribution in [2.75, 3.05) is 13.9 Å². The van der Waals surface area contributed by atoms with Gasteiger partial charge in [-0.1, -0.05) is 32.0 Å². The quantitative estimate of drug-likeness (QED) is 0.578. The normalized spacial score (nSPS) is 28.1. The molecule has 192 valence electrons. The van der Waals surface area contributed by atoms with Crippen molar-refractivity contribution in [2.45, 2.75) is 45.4 Å². The lowest BCUT2D eigenvalue weighted by molar-refractivity contribution is -0.137. The summed E-state index contributed by atoms with van der Waals surface area (Å²) in [7, 11) is 1.33. The van der Waals surface area contributed by atoms with Crippen molar-refractivity contribution in [3.8, 4) is 11.5 Å². The number of ketones is 1. The van der Waals surface area contributed by atoms with Gasteiger partial charge in [0, 0.05) is 6.54 Å². The van der Waals surface area contributed by atoms with Crippen LogP contribution < -0.4 is 9.47 Å². The molecule has 0 bridgehead atoms. The lowest BCUT2D eigenvalue weighted by Gasteiger charge is -2.40. The van der Waals surface area contributed by atoms with Crippen LogP contribution in [0.2, 0.25) is 0 Å². The van der Waals surface area contributed by atoms with Gasteiger partial charge < -0.3 is 23.8 Å². The lowest BCUT2D eigenvalue weighted by atomic mass is 9.70. The van der Waals surface area contributed by atoms with Crippen molar-refractivity contribution in [1.82, 2.24) is 4.90 Å². The molecule has 0 N–H and O–H groups in total. The van der Waals surface area contributed by atoms with E-state index in [1.165, 1.54) is 7.11 Å². The van der Waals surface area contributed by atoms with Gasteiger partial charge in [0.2, 0.25) is 6.79 Å². The van der Waals surface area contributed by atoms with Gasteiger partial charge >= 0.3 is 5.97 Å². The minimum atomic E-state index is -0.622. The Morgan fingerprint density at radius 1 is 1.00 bits per heavy atom. The van der Waals surface area contributed by atoms with Crippen LogP contribution in [-0.4, -0.2) is 42.6 Å². The zero-order valence-corrected chi connectivity index (χ0v) is 21.1. The van der Waals surface area contributed by atoms with E-state index in [0.717, 1.165) is 24.0 Å². The number of benzene rings is 2. The number of Topliss-reactive ketones (excluding diaryl/α,β-unsaturated/α-hetero) is 1. The molecule has 1 saturated carbocycles. The molecular weight excluding hydrogens is 474 g/mol. The van der Waals surface area contributed by atoms with E-state index in [2.05, 4.69) is 13.8 Å². The highest BCUT2D eigenvalue weighted by Crippen LogP contribution is 2.49. The van der Waals surface area contributed by atoms with Gasteiger partial charge in [-0.15, -0.1) is 0 Å². The molecule has 6 rings (SSSR count). The zero-order chi connectivity index (χ0) is 25.8. The molecule has 1 amide bonds. The number of fused-ring (bicyclic) bond motifs is 2. The number of nitrogens with zero attached hydrogens (tertiary/aromatic N) is 1. The first-order valence-electron chi connectivity index (χ1n) is 12.7. The van der Waals surface area contributed by atoms with Crippen LogP contribution in [0.15, 0.2) is 53.8 Å². The van der Waals surface area contributed by atoms with Gasteiger partial charge in [0.1, 0.15) is 6.10 Å². The first kappa shape index (κ1) is 23.6. The van der Waals surface area contributed by atoms with Crippen LogP contribution in [0, 0.1) is 17.8 Å². The molecule has 0 spiro atoms. The Balaban J connectivity index is 1.39. The zero-order valence-electron chi connectivity index (χ0n) is 21.1. The van der Waals surface area contributed by atoms with Crippen molar-refractivity contribution >= 4 is 17.7 Å². The number of amides is 1. The average Bonchev–Trinajstić information content (AvgIpc) is 3.48. The SMILES string of the molecule is COC(=O)c1ccc(C2C3=C(OC4CC(C)C(C)CC4C3=O)C(=O)N2Cc2ccc3c(c2)OCO3)cc1. The minimum absolute atomic E-state index is 0.00594. The highest BCUT2D eigenvalue weighted by atomic mass is 16.7. The molecule has 1 fully saturated rings. The van der Waals surface area contributed by atoms with E-state index in [4.69, 9.17) is 18.9 Å². The van der Waals surface area contributed by atoms with E-state index in [1.54, 1.807) is 29.2 Å². The van der Waals surface area contributed by atoms with Crippen LogP contribution in [0.3, 0.4) is 0 Å².